The van der Waals surface area contributed by atoms with Crippen LogP contribution in [-0.2, 0) is 20.9 Å². The van der Waals surface area contributed by atoms with Crippen LogP contribution < -0.4 is 4.74 Å². The molecule has 0 saturated carbocycles. The van der Waals surface area contributed by atoms with Crippen LogP contribution in [0.3, 0.4) is 0 Å². The molecular weight excluding hydrogens is 484 g/mol. The number of esters is 1. The standard InChI is InChI=1S/C27H23BrO5/c1-31-18-24(27(30)32-2)23-9-5-3-8-21(23)17-33-22-14-11-20(12-15-22)26(29)16-13-19-7-4-6-10-25(19)28/h3-16,18H,17H2,1-2H3/b16-13+,24-18+. The van der Waals surface area contributed by atoms with Crippen molar-refractivity contribution in [2.75, 3.05) is 14.2 Å². The zero-order valence-corrected chi connectivity index (χ0v) is 19.9. The lowest BCUT2D eigenvalue weighted by molar-refractivity contribution is -0.133. The third-order valence-corrected chi connectivity index (χ3v) is 5.52. The van der Waals surface area contributed by atoms with Gasteiger partial charge in [0, 0.05) is 10.0 Å². The summed E-state index contributed by atoms with van der Waals surface area (Å²) < 4.78 is 16.7. The van der Waals surface area contributed by atoms with E-state index < -0.39 is 5.97 Å². The van der Waals surface area contributed by atoms with Gasteiger partial charge in [0.2, 0.25) is 0 Å². The minimum Gasteiger partial charge on any atom is -0.503 e. The van der Waals surface area contributed by atoms with Crippen molar-refractivity contribution in [3.63, 3.8) is 0 Å². The normalized spacial score (nSPS) is 11.3. The number of carbonyl (C=O) groups excluding carboxylic acids is 2. The second-order valence-corrected chi connectivity index (χ2v) is 7.80. The third-order valence-electron chi connectivity index (χ3n) is 4.80. The molecule has 6 heteroatoms. The number of rotatable bonds is 9. The first-order valence-electron chi connectivity index (χ1n) is 10.1. The van der Waals surface area contributed by atoms with Gasteiger partial charge in [0.15, 0.2) is 5.78 Å². The maximum Gasteiger partial charge on any atom is 0.341 e. The van der Waals surface area contributed by atoms with Gasteiger partial charge in [-0.15, -0.1) is 0 Å². The van der Waals surface area contributed by atoms with Gasteiger partial charge in [0.25, 0.3) is 0 Å². The fourth-order valence-corrected chi connectivity index (χ4v) is 3.52. The molecule has 0 aliphatic rings. The molecule has 0 atom stereocenters. The highest BCUT2D eigenvalue weighted by atomic mass is 79.9. The molecule has 0 bridgehead atoms. The Hall–Kier alpha value is -3.64. The number of halogens is 1. The molecule has 0 radical (unpaired) electrons. The molecule has 0 fully saturated rings. The lowest BCUT2D eigenvalue weighted by atomic mass is 10.0. The average Bonchev–Trinajstić information content (AvgIpc) is 2.85. The predicted octanol–water partition coefficient (Wildman–Crippen LogP) is 6.08. The summed E-state index contributed by atoms with van der Waals surface area (Å²) in [5, 5.41) is 0. The van der Waals surface area contributed by atoms with Crippen LogP contribution in [0.5, 0.6) is 5.75 Å². The van der Waals surface area contributed by atoms with Crippen molar-refractivity contribution in [2.24, 2.45) is 0 Å². The SMILES string of the molecule is CO/C=C(/C(=O)OC)c1ccccc1COc1ccc(C(=O)/C=C/c2ccccc2Br)cc1. The van der Waals surface area contributed by atoms with Crippen LogP contribution in [0.4, 0.5) is 0 Å². The van der Waals surface area contributed by atoms with E-state index in [4.69, 9.17) is 14.2 Å². The molecule has 3 rings (SSSR count). The van der Waals surface area contributed by atoms with Crippen LogP contribution in [0.1, 0.15) is 27.0 Å². The molecule has 0 aliphatic heterocycles. The van der Waals surface area contributed by atoms with Crippen molar-refractivity contribution >= 4 is 39.3 Å². The fourth-order valence-electron chi connectivity index (χ4n) is 3.11. The van der Waals surface area contributed by atoms with Crippen LogP contribution in [0, 0.1) is 0 Å². The van der Waals surface area contributed by atoms with Crippen LogP contribution in [0.2, 0.25) is 0 Å². The minimum atomic E-state index is -0.497. The Bertz CT molecular complexity index is 1180. The van der Waals surface area contributed by atoms with Crippen molar-refractivity contribution < 1.29 is 23.8 Å². The van der Waals surface area contributed by atoms with E-state index >= 15 is 0 Å². The van der Waals surface area contributed by atoms with Crippen molar-refractivity contribution in [2.45, 2.75) is 6.61 Å². The second kappa shape index (κ2) is 11.8. The molecule has 3 aromatic rings. The molecule has 5 nitrogen and oxygen atoms in total. The Labute approximate surface area is 201 Å². The first-order valence-corrected chi connectivity index (χ1v) is 10.9. The van der Waals surface area contributed by atoms with Crippen LogP contribution >= 0.6 is 15.9 Å². The summed E-state index contributed by atoms with van der Waals surface area (Å²) in [5.41, 5.74) is 3.25. The van der Waals surface area contributed by atoms with Gasteiger partial charge in [-0.2, -0.15) is 0 Å². The fraction of sp³-hybridized carbons (Fsp3) is 0.111. The monoisotopic (exact) mass is 506 g/mol. The summed E-state index contributed by atoms with van der Waals surface area (Å²) in [4.78, 5) is 24.6. The topological polar surface area (TPSA) is 61.8 Å². The predicted molar refractivity (Wildman–Crippen MR) is 132 cm³/mol. The van der Waals surface area contributed by atoms with Gasteiger partial charge in [-0.1, -0.05) is 58.4 Å². The van der Waals surface area contributed by atoms with Gasteiger partial charge in [-0.3, -0.25) is 4.79 Å². The van der Waals surface area contributed by atoms with E-state index in [0.29, 0.717) is 22.4 Å². The molecule has 3 aromatic carbocycles. The Morgan fingerprint density at radius 1 is 0.909 bits per heavy atom. The molecule has 0 unspecified atom stereocenters. The van der Waals surface area contributed by atoms with Crippen LogP contribution in [0.25, 0.3) is 11.6 Å². The van der Waals surface area contributed by atoms with Crippen molar-refractivity contribution in [3.05, 3.63) is 112 Å². The number of hydrogen-bond acceptors (Lipinski definition) is 5. The quantitative estimate of drug-likeness (QED) is 0.152. The molecule has 0 amide bonds. The largest absolute Gasteiger partial charge is 0.503 e. The summed E-state index contributed by atoms with van der Waals surface area (Å²) in [7, 11) is 2.79. The van der Waals surface area contributed by atoms with E-state index in [1.165, 1.54) is 20.5 Å². The second-order valence-electron chi connectivity index (χ2n) is 6.95. The lowest BCUT2D eigenvalue weighted by Crippen LogP contribution is -2.08. The van der Waals surface area contributed by atoms with Gasteiger partial charge in [0.1, 0.15) is 17.9 Å². The van der Waals surface area contributed by atoms with Gasteiger partial charge >= 0.3 is 5.97 Å². The van der Waals surface area contributed by atoms with E-state index in [9.17, 15) is 9.59 Å². The zero-order valence-electron chi connectivity index (χ0n) is 18.3. The molecule has 0 aromatic heterocycles. The summed E-state index contributed by atoms with van der Waals surface area (Å²) in [5.74, 6) is 0.00398. The molecular formula is C27H23BrO5. The van der Waals surface area contributed by atoms with E-state index in [2.05, 4.69) is 15.9 Å². The van der Waals surface area contributed by atoms with Crippen molar-refractivity contribution in [3.8, 4) is 5.75 Å². The van der Waals surface area contributed by atoms with E-state index in [1.54, 1.807) is 42.5 Å². The van der Waals surface area contributed by atoms with Crippen LogP contribution in [0.15, 0.2) is 89.6 Å². The molecule has 0 N–H and O–H groups in total. The third kappa shape index (κ3) is 6.43. The Kier molecular flexibility index (Phi) is 8.61. The summed E-state index contributed by atoms with van der Waals surface area (Å²) in [6, 6.07) is 22.0. The van der Waals surface area contributed by atoms with Gasteiger partial charge in [0.05, 0.1) is 20.5 Å². The lowest BCUT2D eigenvalue weighted by Gasteiger charge is -2.13. The number of allylic oxidation sites excluding steroid dienone is 1. The Morgan fingerprint density at radius 2 is 1.61 bits per heavy atom. The number of hydrogen-bond donors (Lipinski definition) is 0. The van der Waals surface area contributed by atoms with Crippen LogP contribution in [-0.4, -0.2) is 26.0 Å². The van der Waals surface area contributed by atoms with E-state index in [1.807, 2.05) is 42.5 Å². The highest BCUT2D eigenvalue weighted by Gasteiger charge is 2.17. The summed E-state index contributed by atoms with van der Waals surface area (Å²) in [6.45, 7) is 0.226. The molecule has 33 heavy (non-hydrogen) atoms. The number of ketones is 1. The summed E-state index contributed by atoms with van der Waals surface area (Å²) in [6.07, 6.45) is 4.68. The van der Waals surface area contributed by atoms with Gasteiger partial charge < -0.3 is 14.2 Å². The number of ether oxygens (including phenoxy) is 3. The van der Waals surface area contributed by atoms with Crippen molar-refractivity contribution in [1.29, 1.82) is 0 Å². The number of methoxy groups -OCH3 is 2. The maximum absolute atomic E-state index is 12.5. The molecule has 0 heterocycles. The van der Waals surface area contributed by atoms with Crippen molar-refractivity contribution in [1.82, 2.24) is 0 Å². The number of carbonyl (C=O) groups is 2. The highest BCUT2D eigenvalue weighted by molar-refractivity contribution is 9.10. The average molecular weight is 507 g/mol. The summed E-state index contributed by atoms with van der Waals surface area (Å²) >= 11 is 3.47. The highest BCUT2D eigenvalue weighted by Crippen LogP contribution is 2.23. The molecule has 168 valence electrons. The molecule has 0 saturated heterocycles. The Morgan fingerprint density at radius 3 is 2.30 bits per heavy atom. The maximum atomic E-state index is 12.5. The minimum absolute atomic E-state index is 0.102. The first-order chi connectivity index (χ1) is 16.0. The van der Waals surface area contributed by atoms with E-state index in [-0.39, 0.29) is 12.4 Å². The van der Waals surface area contributed by atoms with E-state index in [0.717, 1.165) is 15.6 Å². The smallest absolute Gasteiger partial charge is 0.341 e. The number of benzene rings is 3. The van der Waals surface area contributed by atoms with Gasteiger partial charge in [-0.25, -0.2) is 4.79 Å². The zero-order chi connectivity index (χ0) is 23.6. The molecule has 0 spiro atoms. The Balaban J connectivity index is 1.69. The van der Waals surface area contributed by atoms with Gasteiger partial charge in [-0.05, 0) is 59.2 Å². The molecule has 0 aliphatic carbocycles. The first kappa shape index (κ1) is 24.0.